The van der Waals surface area contributed by atoms with E-state index in [2.05, 4.69) is 29.2 Å². The zero-order valence-electron chi connectivity index (χ0n) is 22.2. The summed E-state index contributed by atoms with van der Waals surface area (Å²) in [5, 5.41) is 26.0. The van der Waals surface area contributed by atoms with E-state index in [0.717, 1.165) is 46.1 Å². The molecule has 2 heterocycles. The number of aliphatic hydroxyl groups is 2. The lowest BCUT2D eigenvalue weighted by molar-refractivity contribution is -0.137. The predicted octanol–water partition coefficient (Wildman–Crippen LogP) is 6.15. The SMILES string of the molecule is Cc1c(-c2ccc(C(F)(F)F)cc2Cl)ccc2c1cnn2C(CC(C)C)c1ccc(C(=O)NCCC(O)O)nc1. The Morgan fingerprint density at radius 2 is 1.80 bits per heavy atom. The smallest absolute Gasteiger partial charge is 0.368 e. The molecule has 2 aromatic carbocycles. The standard InChI is InChI=1S/C29H30ClF3N4O3/c1-16(2)12-26(18-4-8-24(35-14-18)28(40)34-11-10-27(38)39)37-25-9-7-20(17(3)22(25)15-36-37)21-6-5-19(13-23(21)30)29(31,32)33/h4-9,13-16,26-27,38-39H,10-12H2,1-3H3,(H,34,40). The quantitative estimate of drug-likeness (QED) is 0.208. The van der Waals surface area contributed by atoms with Gasteiger partial charge in [-0.1, -0.05) is 43.6 Å². The van der Waals surface area contributed by atoms with E-state index in [1.807, 2.05) is 29.8 Å². The number of hydrogen-bond donors (Lipinski definition) is 3. The van der Waals surface area contributed by atoms with E-state index >= 15 is 0 Å². The van der Waals surface area contributed by atoms with Gasteiger partial charge in [-0.15, -0.1) is 0 Å². The molecule has 0 saturated carbocycles. The third-order valence-electron chi connectivity index (χ3n) is 6.72. The Labute approximate surface area is 234 Å². The van der Waals surface area contributed by atoms with Crippen LogP contribution < -0.4 is 5.32 Å². The van der Waals surface area contributed by atoms with Crippen molar-refractivity contribution in [1.82, 2.24) is 20.1 Å². The molecule has 0 aliphatic heterocycles. The van der Waals surface area contributed by atoms with Gasteiger partial charge in [0.15, 0.2) is 6.29 Å². The van der Waals surface area contributed by atoms with Crippen LogP contribution in [-0.4, -0.2) is 43.7 Å². The predicted molar refractivity (Wildman–Crippen MR) is 147 cm³/mol. The van der Waals surface area contributed by atoms with Gasteiger partial charge in [0.2, 0.25) is 0 Å². The molecule has 4 aromatic rings. The molecule has 0 aliphatic rings. The number of carbonyl (C=O) groups excluding carboxylic acids is 1. The average Bonchev–Trinajstić information content (AvgIpc) is 3.32. The minimum absolute atomic E-state index is 0.0128. The molecular formula is C29H30ClF3N4O3. The lowest BCUT2D eigenvalue weighted by atomic mass is 9.95. The maximum atomic E-state index is 13.1. The summed E-state index contributed by atoms with van der Waals surface area (Å²) in [7, 11) is 0. The number of amides is 1. The summed E-state index contributed by atoms with van der Waals surface area (Å²) >= 11 is 6.28. The first-order valence-electron chi connectivity index (χ1n) is 12.8. The molecule has 0 fully saturated rings. The minimum Gasteiger partial charge on any atom is -0.368 e. The van der Waals surface area contributed by atoms with Crippen LogP contribution in [0.4, 0.5) is 13.2 Å². The average molecular weight is 575 g/mol. The fraction of sp³-hybridized carbons (Fsp3) is 0.345. The largest absolute Gasteiger partial charge is 0.416 e. The van der Waals surface area contributed by atoms with E-state index in [0.29, 0.717) is 11.5 Å². The molecule has 2 aromatic heterocycles. The van der Waals surface area contributed by atoms with Crippen LogP contribution in [0.25, 0.3) is 22.0 Å². The third kappa shape index (κ3) is 6.46. The second-order valence-corrected chi connectivity index (χ2v) is 10.5. The summed E-state index contributed by atoms with van der Waals surface area (Å²) in [4.78, 5) is 16.7. The minimum atomic E-state index is -4.48. The lowest BCUT2D eigenvalue weighted by Gasteiger charge is -2.21. The number of carbonyl (C=O) groups is 1. The highest BCUT2D eigenvalue weighted by molar-refractivity contribution is 6.33. The maximum absolute atomic E-state index is 13.1. The molecule has 0 bridgehead atoms. The number of hydrogen-bond acceptors (Lipinski definition) is 5. The Kier molecular flexibility index (Phi) is 8.82. The van der Waals surface area contributed by atoms with Crippen LogP contribution in [0.3, 0.4) is 0 Å². The van der Waals surface area contributed by atoms with Gasteiger partial charge in [-0.25, -0.2) is 0 Å². The van der Waals surface area contributed by atoms with Crippen molar-refractivity contribution in [2.75, 3.05) is 6.54 Å². The number of benzene rings is 2. The monoisotopic (exact) mass is 574 g/mol. The number of nitrogens with one attached hydrogen (secondary N) is 1. The van der Waals surface area contributed by atoms with Gasteiger partial charge in [-0.2, -0.15) is 18.3 Å². The van der Waals surface area contributed by atoms with Crippen molar-refractivity contribution in [1.29, 1.82) is 0 Å². The van der Waals surface area contributed by atoms with E-state index in [1.54, 1.807) is 18.5 Å². The molecule has 4 rings (SSSR count). The molecule has 212 valence electrons. The van der Waals surface area contributed by atoms with Crippen LogP contribution in [0, 0.1) is 12.8 Å². The second-order valence-electron chi connectivity index (χ2n) is 10.1. The molecule has 0 spiro atoms. The van der Waals surface area contributed by atoms with Crippen molar-refractivity contribution in [3.05, 3.63) is 82.3 Å². The molecule has 0 saturated heterocycles. The van der Waals surface area contributed by atoms with Crippen LogP contribution in [0.2, 0.25) is 5.02 Å². The number of aromatic nitrogens is 3. The number of pyridine rings is 1. The van der Waals surface area contributed by atoms with Crippen molar-refractivity contribution in [2.24, 2.45) is 5.92 Å². The fourth-order valence-corrected chi connectivity index (χ4v) is 4.96. The Morgan fingerprint density at radius 3 is 2.40 bits per heavy atom. The van der Waals surface area contributed by atoms with Crippen molar-refractivity contribution >= 4 is 28.4 Å². The number of aryl methyl sites for hydroxylation is 1. The van der Waals surface area contributed by atoms with Gasteiger partial charge in [-0.3, -0.25) is 14.5 Å². The van der Waals surface area contributed by atoms with Gasteiger partial charge in [-0.05, 0) is 60.2 Å². The first kappa shape index (κ1) is 29.5. The second kappa shape index (κ2) is 12.0. The topological polar surface area (TPSA) is 100 Å². The number of rotatable bonds is 9. The summed E-state index contributed by atoms with van der Waals surface area (Å²) in [5.74, 6) is -0.106. The fourth-order valence-electron chi connectivity index (χ4n) is 4.67. The lowest BCUT2D eigenvalue weighted by Crippen LogP contribution is -2.27. The van der Waals surface area contributed by atoms with Gasteiger partial charge in [0.25, 0.3) is 5.91 Å². The number of nitrogens with zero attached hydrogens (tertiary/aromatic N) is 3. The third-order valence-corrected chi connectivity index (χ3v) is 7.03. The Bertz CT molecular complexity index is 1500. The van der Waals surface area contributed by atoms with Gasteiger partial charge in [0.05, 0.1) is 23.3 Å². The van der Waals surface area contributed by atoms with Crippen LogP contribution >= 0.6 is 11.6 Å². The van der Waals surface area contributed by atoms with Crippen molar-refractivity contribution < 1.29 is 28.2 Å². The number of halogens is 4. The van der Waals surface area contributed by atoms with E-state index in [4.69, 9.17) is 21.8 Å². The van der Waals surface area contributed by atoms with Gasteiger partial charge in [0.1, 0.15) is 5.69 Å². The highest BCUT2D eigenvalue weighted by atomic mass is 35.5. The number of fused-ring (bicyclic) bond motifs is 1. The Morgan fingerprint density at radius 1 is 1.07 bits per heavy atom. The van der Waals surface area contributed by atoms with Crippen LogP contribution in [-0.2, 0) is 6.18 Å². The molecule has 3 N–H and O–H groups in total. The highest BCUT2D eigenvalue weighted by Crippen LogP contribution is 2.39. The zero-order valence-corrected chi connectivity index (χ0v) is 23.0. The molecular weight excluding hydrogens is 545 g/mol. The summed E-state index contributed by atoms with van der Waals surface area (Å²) in [6, 6.07) is 10.3. The van der Waals surface area contributed by atoms with E-state index in [1.165, 1.54) is 6.07 Å². The van der Waals surface area contributed by atoms with Gasteiger partial charge < -0.3 is 15.5 Å². The molecule has 1 amide bonds. The van der Waals surface area contributed by atoms with Crippen LogP contribution in [0.1, 0.15) is 59.9 Å². The summed E-state index contributed by atoms with van der Waals surface area (Å²) in [5.41, 5.74) is 3.17. The number of alkyl halides is 3. The normalized spacial score (nSPS) is 12.9. The van der Waals surface area contributed by atoms with Crippen LogP contribution in [0.5, 0.6) is 0 Å². The van der Waals surface area contributed by atoms with Crippen molar-refractivity contribution in [2.45, 2.75) is 52.1 Å². The first-order chi connectivity index (χ1) is 18.9. The van der Waals surface area contributed by atoms with E-state index < -0.39 is 23.9 Å². The first-order valence-corrected chi connectivity index (χ1v) is 13.2. The summed E-state index contributed by atoms with van der Waals surface area (Å²) in [6.07, 6.45) is -1.84. The molecule has 0 aliphatic carbocycles. The van der Waals surface area contributed by atoms with E-state index in [9.17, 15) is 18.0 Å². The zero-order chi connectivity index (χ0) is 29.2. The summed E-state index contributed by atoms with van der Waals surface area (Å²) in [6.45, 7) is 6.19. The maximum Gasteiger partial charge on any atom is 0.416 e. The van der Waals surface area contributed by atoms with Gasteiger partial charge >= 0.3 is 6.18 Å². The molecule has 40 heavy (non-hydrogen) atoms. The molecule has 1 unspecified atom stereocenters. The molecule has 7 nitrogen and oxygen atoms in total. The van der Waals surface area contributed by atoms with Crippen molar-refractivity contribution in [3.8, 4) is 11.1 Å². The van der Waals surface area contributed by atoms with Crippen LogP contribution in [0.15, 0.2) is 54.9 Å². The highest BCUT2D eigenvalue weighted by Gasteiger charge is 2.31. The van der Waals surface area contributed by atoms with E-state index in [-0.39, 0.29) is 29.7 Å². The molecule has 1 atom stereocenters. The Balaban J connectivity index is 1.67. The van der Waals surface area contributed by atoms with Gasteiger partial charge in [0, 0.05) is 35.1 Å². The number of aliphatic hydroxyl groups excluding tert-OH is 1. The summed E-state index contributed by atoms with van der Waals surface area (Å²) < 4.78 is 41.3. The molecule has 11 heteroatoms. The Hall–Kier alpha value is -3.47. The molecule has 0 radical (unpaired) electrons. The van der Waals surface area contributed by atoms with Crippen molar-refractivity contribution in [3.63, 3.8) is 0 Å².